The Balaban J connectivity index is 1.77. The topological polar surface area (TPSA) is 42.2 Å². The van der Waals surface area contributed by atoms with Crippen molar-refractivity contribution in [3.63, 3.8) is 0 Å². The third-order valence-electron chi connectivity index (χ3n) is 2.63. The summed E-state index contributed by atoms with van der Waals surface area (Å²) in [5.74, 6) is 0. The van der Waals surface area contributed by atoms with E-state index >= 15 is 0 Å². The van der Waals surface area contributed by atoms with E-state index in [1.165, 1.54) is 0 Å². The summed E-state index contributed by atoms with van der Waals surface area (Å²) in [5, 5.41) is 5.00. The molecule has 1 aromatic carbocycles. The largest absolute Gasteiger partial charge is 0.350 e. The van der Waals surface area contributed by atoms with E-state index < -0.39 is 0 Å². The summed E-state index contributed by atoms with van der Waals surface area (Å²) in [7, 11) is 1.99. The lowest BCUT2D eigenvalue weighted by Crippen LogP contribution is -1.95. The quantitative estimate of drug-likeness (QED) is 0.578. The van der Waals surface area contributed by atoms with Gasteiger partial charge in [0.15, 0.2) is 0 Å². The second-order valence-electron chi connectivity index (χ2n) is 3.90. The minimum absolute atomic E-state index is 0.807. The van der Waals surface area contributed by atoms with Crippen molar-refractivity contribution in [1.82, 2.24) is 9.55 Å². The van der Waals surface area contributed by atoms with Gasteiger partial charge in [-0.1, -0.05) is 23.5 Å². The first-order chi connectivity index (χ1) is 8.83. The van der Waals surface area contributed by atoms with Gasteiger partial charge in [0.25, 0.3) is 0 Å². The van der Waals surface area contributed by atoms with Gasteiger partial charge in [0.05, 0.1) is 22.1 Å². The average molecular weight is 256 g/mol. The first-order valence-corrected chi connectivity index (χ1v) is 6.40. The molecule has 0 amide bonds. The maximum Gasteiger partial charge on any atom is 0.204 e. The highest BCUT2D eigenvalue weighted by Crippen LogP contribution is 2.25. The van der Waals surface area contributed by atoms with E-state index in [0.29, 0.717) is 0 Å². The number of benzene rings is 1. The highest BCUT2D eigenvalue weighted by atomic mass is 32.1. The molecule has 0 saturated carbocycles. The highest BCUT2D eigenvalue weighted by molar-refractivity contribution is 7.22. The van der Waals surface area contributed by atoms with E-state index in [4.69, 9.17) is 0 Å². The zero-order chi connectivity index (χ0) is 12.4. The Morgan fingerprint density at radius 2 is 2.17 bits per heavy atom. The number of nitrogens with zero attached hydrogens (tertiary/aromatic N) is 3. The summed E-state index contributed by atoms with van der Waals surface area (Å²) in [6, 6.07) is 12.0. The molecule has 0 saturated heterocycles. The highest BCUT2D eigenvalue weighted by Gasteiger charge is 2.00. The van der Waals surface area contributed by atoms with E-state index in [1.807, 2.05) is 48.1 Å². The Kier molecular flexibility index (Phi) is 2.82. The van der Waals surface area contributed by atoms with Gasteiger partial charge in [-0.05, 0) is 24.3 Å². The first kappa shape index (κ1) is 11.0. The van der Waals surface area contributed by atoms with Crippen molar-refractivity contribution in [3.05, 3.63) is 48.3 Å². The van der Waals surface area contributed by atoms with Crippen LogP contribution in [0.1, 0.15) is 5.69 Å². The number of rotatable bonds is 3. The van der Waals surface area contributed by atoms with Gasteiger partial charge < -0.3 is 4.57 Å². The lowest BCUT2D eigenvalue weighted by Gasteiger charge is -1.95. The van der Waals surface area contributed by atoms with Crippen LogP contribution in [-0.4, -0.2) is 15.8 Å². The lowest BCUT2D eigenvalue weighted by atomic mass is 10.3. The van der Waals surface area contributed by atoms with Crippen molar-refractivity contribution in [1.29, 1.82) is 0 Å². The Hall–Kier alpha value is -2.14. The van der Waals surface area contributed by atoms with Crippen LogP contribution in [0, 0.1) is 0 Å². The summed E-state index contributed by atoms with van der Waals surface area (Å²) in [4.78, 5) is 4.44. The second-order valence-corrected chi connectivity index (χ2v) is 4.93. The van der Waals surface area contributed by atoms with Gasteiger partial charge in [0.2, 0.25) is 5.13 Å². The molecule has 0 bridgehead atoms. The molecule has 0 atom stereocenters. The molecule has 18 heavy (non-hydrogen) atoms. The van der Waals surface area contributed by atoms with Crippen LogP contribution < -0.4 is 5.43 Å². The monoisotopic (exact) mass is 256 g/mol. The number of fused-ring (bicyclic) bond motifs is 1. The average Bonchev–Trinajstić information content (AvgIpc) is 2.96. The number of anilines is 1. The SMILES string of the molecule is Cn1cccc1/C=N\Nc1nc2ccccc2s1. The van der Waals surface area contributed by atoms with E-state index in [2.05, 4.69) is 21.6 Å². The predicted molar refractivity (Wildman–Crippen MR) is 76.2 cm³/mol. The third-order valence-corrected chi connectivity index (χ3v) is 3.58. The molecule has 1 N–H and O–H groups in total. The number of hydrazone groups is 1. The maximum absolute atomic E-state index is 4.44. The molecule has 0 aliphatic heterocycles. The minimum Gasteiger partial charge on any atom is -0.350 e. The van der Waals surface area contributed by atoms with E-state index in [9.17, 15) is 0 Å². The number of aryl methyl sites for hydroxylation is 1. The maximum atomic E-state index is 4.44. The van der Waals surface area contributed by atoms with E-state index in [-0.39, 0.29) is 0 Å². The van der Waals surface area contributed by atoms with Crippen LogP contribution in [0.2, 0.25) is 0 Å². The molecule has 90 valence electrons. The first-order valence-electron chi connectivity index (χ1n) is 5.59. The van der Waals surface area contributed by atoms with Gasteiger partial charge in [-0.25, -0.2) is 4.98 Å². The summed E-state index contributed by atoms with van der Waals surface area (Å²) < 4.78 is 3.16. The fourth-order valence-corrected chi connectivity index (χ4v) is 2.50. The molecular formula is C13H12N4S. The number of nitrogens with one attached hydrogen (secondary N) is 1. The van der Waals surface area contributed by atoms with E-state index in [0.717, 1.165) is 21.0 Å². The van der Waals surface area contributed by atoms with Crippen molar-refractivity contribution in [2.24, 2.45) is 12.1 Å². The number of para-hydroxylation sites is 1. The van der Waals surface area contributed by atoms with E-state index in [1.54, 1.807) is 17.6 Å². The van der Waals surface area contributed by atoms with Crippen molar-refractivity contribution < 1.29 is 0 Å². The zero-order valence-corrected chi connectivity index (χ0v) is 10.7. The predicted octanol–water partition coefficient (Wildman–Crippen LogP) is 3.08. The van der Waals surface area contributed by atoms with Crippen LogP contribution in [-0.2, 0) is 7.05 Å². The summed E-state index contributed by atoms with van der Waals surface area (Å²) in [6.45, 7) is 0. The molecule has 0 fully saturated rings. The van der Waals surface area contributed by atoms with Crippen LogP contribution in [0.15, 0.2) is 47.7 Å². The fourth-order valence-electron chi connectivity index (χ4n) is 1.68. The van der Waals surface area contributed by atoms with Gasteiger partial charge in [-0.2, -0.15) is 5.10 Å². The number of aromatic nitrogens is 2. The fraction of sp³-hybridized carbons (Fsp3) is 0.0769. The van der Waals surface area contributed by atoms with Crippen molar-refractivity contribution in [3.8, 4) is 0 Å². The van der Waals surface area contributed by atoms with Gasteiger partial charge >= 0.3 is 0 Å². The summed E-state index contributed by atoms with van der Waals surface area (Å²) in [5.41, 5.74) is 5.01. The number of thiazole rings is 1. The minimum atomic E-state index is 0.807. The van der Waals surface area contributed by atoms with Crippen LogP contribution in [0.3, 0.4) is 0 Å². The molecule has 4 nitrogen and oxygen atoms in total. The molecule has 0 aliphatic rings. The molecule has 3 aromatic rings. The molecule has 0 radical (unpaired) electrons. The van der Waals surface area contributed by atoms with Crippen LogP contribution in [0.5, 0.6) is 0 Å². The van der Waals surface area contributed by atoms with Crippen molar-refractivity contribution >= 4 is 32.9 Å². The normalized spacial score (nSPS) is 11.4. The summed E-state index contributed by atoms with van der Waals surface area (Å²) in [6.07, 6.45) is 3.77. The second kappa shape index (κ2) is 4.62. The lowest BCUT2D eigenvalue weighted by molar-refractivity contribution is 0.918. The van der Waals surface area contributed by atoms with Crippen molar-refractivity contribution in [2.75, 3.05) is 5.43 Å². The molecule has 0 unspecified atom stereocenters. The smallest absolute Gasteiger partial charge is 0.204 e. The number of hydrogen-bond donors (Lipinski definition) is 1. The zero-order valence-electron chi connectivity index (χ0n) is 9.87. The van der Waals surface area contributed by atoms with Gasteiger partial charge in [0, 0.05) is 13.2 Å². The third kappa shape index (κ3) is 2.12. The molecule has 5 heteroatoms. The van der Waals surface area contributed by atoms with Crippen LogP contribution in [0.25, 0.3) is 10.2 Å². The number of hydrogen-bond acceptors (Lipinski definition) is 4. The molecule has 0 aliphatic carbocycles. The molecule has 2 heterocycles. The molecule has 2 aromatic heterocycles. The standard InChI is InChI=1S/C13H12N4S/c1-17-8-4-5-10(17)9-14-16-13-15-11-6-2-3-7-12(11)18-13/h2-9H,1H3,(H,15,16)/b14-9-. The van der Waals surface area contributed by atoms with Crippen molar-refractivity contribution in [2.45, 2.75) is 0 Å². The molecular weight excluding hydrogens is 244 g/mol. The van der Waals surface area contributed by atoms with Gasteiger partial charge in [-0.15, -0.1) is 0 Å². The van der Waals surface area contributed by atoms with Gasteiger partial charge in [-0.3, -0.25) is 5.43 Å². The van der Waals surface area contributed by atoms with Crippen LogP contribution in [0.4, 0.5) is 5.13 Å². The Morgan fingerprint density at radius 3 is 2.94 bits per heavy atom. The Morgan fingerprint density at radius 1 is 1.28 bits per heavy atom. The molecule has 0 spiro atoms. The van der Waals surface area contributed by atoms with Gasteiger partial charge in [0.1, 0.15) is 0 Å². The molecule has 3 rings (SSSR count). The summed E-state index contributed by atoms with van der Waals surface area (Å²) >= 11 is 1.60. The Labute approximate surface area is 109 Å². The Bertz CT molecular complexity index is 663. The van der Waals surface area contributed by atoms with Crippen LogP contribution >= 0.6 is 11.3 Å².